The van der Waals surface area contributed by atoms with Crippen molar-refractivity contribution in [2.24, 2.45) is 0 Å². The summed E-state index contributed by atoms with van der Waals surface area (Å²) >= 11 is 0. The highest BCUT2D eigenvalue weighted by Gasteiger charge is 2.35. The fourth-order valence-corrected chi connectivity index (χ4v) is 3.70. The molecular weight excluding hydrogens is 296 g/mol. The molecule has 1 aromatic heterocycles. The molecule has 0 bridgehead atoms. The van der Waals surface area contributed by atoms with Crippen molar-refractivity contribution < 1.29 is 0 Å². The van der Waals surface area contributed by atoms with Crippen molar-refractivity contribution in [3.63, 3.8) is 0 Å². The standard InChI is InChI=1S/C20H28N4/c1-16(18-8-4-3-5-9-18)24-20(10-6-7-11-20)15-23-17(2)19-14-21-12-13-22-19/h3-5,8-9,12-14,16-17,23-24H,6-7,10-11,15H2,1-2H3/t16-,17-/m0/s1. The van der Waals surface area contributed by atoms with E-state index in [-0.39, 0.29) is 11.6 Å². The van der Waals surface area contributed by atoms with Crippen LogP contribution in [0.5, 0.6) is 0 Å². The third kappa shape index (κ3) is 4.19. The Morgan fingerprint density at radius 1 is 1.04 bits per heavy atom. The van der Waals surface area contributed by atoms with Gasteiger partial charge in [0.1, 0.15) is 0 Å². The van der Waals surface area contributed by atoms with E-state index in [1.54, 1.807) is 12.4 Å². The van der Waals surface area contributed by atoms with Crippen LogP contribution in [0.25, 0.3) is 0 Å². The Bertz CT molecular complexity index is 608. The molecule has 4 nitrogen and oxygen atoms in total. The molecule has 128 valence electrons. The monoisotopic (exact) mass is 324 g/mol. The summed E-state index contributed by atoms with van der Waals surface area (Å²) in [5.41, 5.74) is 2.53. The Morgan fingerprint density at radius 2 is 1.79 bits per heavy atom. The van der Waals surface area contributed by atoms with E-state index in [4.69, 9.17) is 0 Å². The molecule has 4 heteroatoms. The van der Waals surface area contributed by atoms with Crippen molar-refractivity contribution >= 4 is 0 Å². The molecule has 0 spiro atoms. The molecule has 24 heavy (non-hydrogen) atoms. The van der Waals surface area contributed by atoms with Gasteiger partial charge >= 0.3 is 0 Å². The zero-order chi connectivity index (χ0) is 16.8. The van der Waals surface area contributed by atoms with Gasteiger partial charge in [0.15, 0.2) is 0 Å². The average molecular weight is 324 g/mol. The Kier molecular flexibility index (Phi) is 5.59. The van der Waals surface area contributed by atoms with E-state index in [9.17, 15) is 0 Å². The fraction of sp³-hybridized carbons (Fsp3) is 0.500. The number of hydrogen-bond acceptors (Lipinski definition) is 4. The molecule has 1 saturated carbocycles. The maximum atomic E-state index is 4.41. The SMILES string of the molecule is C[C@H](NC1(CN[C@@H](C)c2cnccn2)CCCC1)c1ccccc1. The lowest BCUT2D eigenvalue weighted by Crippen LogP contribution is -2.51. The predicted octanol–water partition coefficient (Wildman–Crippen LogP) is 3.79. The van der Waals surface area contributed by atoms with Crippen molar-refractivity contribution in [2.45, 2.75) is 57.2 Å². The highest BCUT2D eigenvalue weighted by molar-refractivity contribution is 5.19. The van der Waals surface area contributed by atoms with Gasteiger partial charge in [-0.1, -0.05) is 43.2 Å². The van der Waals surface area contributed by atoms with Crippen LogP contribution in [0.3, 0.4) is 0 Å². The Morgan fingerprint density at radius 3 is 2.46 bits per heavy atom. The van der Waals surface area contributed by atoms with Crippen molar-refractivity contribution in [2.75, 3.05) is 6.54 Å². The molecule has 0 amide bonds. The average Bonchev–Trinajstić information content (AvgIpc) is 3.10. The largest absolute Gasteiger partial charge is 0.307 e. The molecule has 3 rings (SSSR count). The molecule has 0 radical (unpaired) electrons. The lowest BCUT2D eigenvalue weighted by molar-refractivity contribution is 0.275. The summed E-state index contributed by atoms with van der Waals surface area (Å²) < 4.78 is 0. The van der Waals surface area contributed by atoms with Crippen LogP contribution < -0.4 is 10.6 Å². The van der Waals surface area contributed by atoms with E-state index in [0.717, 1.165) is 12.2 Å². The number of benzene rings is 1. The fourth-order valence-electron chi connectivity index (χ4n) is 3.70. The normalized spacial score (nSPS) is 19.1. The number of aromatic nitrogens is 2. The van der Waals surface area contributed by atoms with Crippen molar-refractivity contribution in [1.29, 1.82) is 0 Å². The third-order valence-corrected chi connectivity index (χ3v) is 5.16. The molecule has 1 fully saturated rings. The van der Waals surface area contributed by atoms with Crippen molar-refractivity contribution in [3.8, 4) is 0 Å². The Hall–Kier alpha value is -1.78. The van der Waals surface area contributed by atoms with Crippen LogP contribution in [0.4, 0.5) is 0 Å². The van der Waals surface area contributed by atoms with Crippen LogP contribution in [0, 0.1) is 0 Å². The molecular formula is C20H28N4. The second-order valence-electron chi connectivity index (χ2n) is 7.00. The molecule has 0 saturated heterocycles. The quantitative estimate of drug-likeness (QED) is 0.813. The first-order chi connectivity index (χ1) is 11.7. The Labute approximate surface area is 145 Å². The summed E-state index contributed by atoms with van der Waals surface area (Å²) in [7, 11) is 0. The maximum Gasteiger partial charge on any atom is 0.0753 e. The Balaban J connectivity index is 1.63. The zero-order valence-corrected chi connectivity index (χ0v) is 14.7. The van der Waals surface area contributed by atoms with Crippen LogP contribution in [0.1, 0.15) is 62.9 Å². The number of rotatable bonds is 7. The van der Waals surface area contributed by atoms with Crippen LogP contribution in [0.15, 0.2) is 48.9 Å². The molecule has 1 aromatic carbocycles. The van der Waals surface area contributed by atoms with Gasteiger partial charge in [-0.2, -0.15) is 0 Å². The third-order valence-electron chi connectivity index (χ3n) is 5.16. The molecule has 1 heterocycles. The number of nitrogens with zero attached hydrogens (tertiary/aromatic N) is 2. The number of hydrogen-bond donors (Lipinski definition) is 2. The van der Waals surface area contributed by atoms with Gasteiger partial charge in [-0.15, -0.1) is 0 Å². The van der Waals surface area contributed by atoms with Gasteiger partial charge in [0.25, 0.3) is 0 Å². The molecule has 1 aliphatic rings. The molecule has 1 aliphatic carbocycles. The first-order valence-electron chi connectivity index (χ1n) is 9.00. The van der Waals surface area contributed by atoms with E-state index in [1.165, 1.54) is 31.2 Å². The maximum absolute atomic E-state index is 4.41. The van der Waals surface area contributed by atoms with Gasteiger partial charge in [0.2, 0.25) is 0 Å². The summed E-state index contributed by atoms with van der Waals surface area (Å²) in [6.45, 7) is 5.39. The van der Waals surface area contributed by atoms with E-state index in [1.807, 2.05) is 6.20 Å². The van der Waals surface area contributed by atoms with Crippen molar-refractivity contribution in [3.05, 3.63) is 60.2 Å². The summed E-state index contributed by atoms with van der Waals surface area (Å²) in [6.07, 6.45) is 10.4. The van der Waals surface area contributed by atoms with E-state index in [0.29, 0.717) is 6.04 Å². The smallest absolute Gasteiger partial charge is 0.0753 e. The summed E-state index contributed by atoms with van der Waals surface area (Å²) in [5.74, 6) is 0. The van der Waals surface area contributed by atoms with E-state index < -0.39 is 0 Å². The van der Waals surface area contributed by atoms with E-state index in [2.05, 4.69) is 64.8 Å². The first-order valence-corrected chi connectivity index (χ1v) is 9.00. The van der Waals surface area contributed by atoms with Gasteiger partial charge in [0, 0.05) is 42.8 Å². The van der Waals surface area contributed by atoms with E-state index >= 15 is 0 Å². The first kappa shape index (κ1) is 17.1. The zero-order valence-electron chi connectivity index (χ0n) is 14.7. The van der Waals surface area contributed by atoms with Crippen molar-refractivity contribution in [1.82, 2.24) is 20.6 Å². The molecule has 2 N–H and O–H groups in total. The molecule has 0 unspecified atom stereocenters. The van der Waals surface area contributed by atoms with Crippen LogP contribution in [0.2, 0.25) is 0 Å². The minimum atomic E-state index is 0.172. The second-order valence-corrected chi connectivity index (χ2v) is 7.00. The highest BCUT2D eigenvalue weighted by atomic mass is 15.1. The van der Waals surface area contributed by atoms with Gasteiger partial charge in [-0.05, 0) is 32.3 Å². The lowest BCUT2D eigenvalue weighted by atomic mass is 9.94. The highest BCUT2D eigenvalue weighted by Crippen LogP contribution is 2.32. The molecule has 0 aliphatic heterocycles. The van der Waals surface area contributed by atoms with Crippen LogP contribution in [-0.4, -0.2) is 22.1 Å². The lowest BCUT2D eigenvalue weighted by Gasteiger charge is -2.35. The van der Waals surface area contributed by atoms with Gasteiger partial charge in [-0.25, -0.2) is 0 Å². The minimum absolute atomic E-state index is 0.172. The van der Waals surface area contributed by atoms with Gasteiger partial charge < -0.3 is 10.6 Å². The minimum Gasteiger partial charge on any atom is -0.307 e. The molecule has 2 aromatic rings. The number of nitrogens with one attached hydrogen (secondary N) is 2. The predicted molar refractivity (Wildman–Crippen MR) is 97.6 cm³/mol. The van der Waals surface area contributed by atoms with Crippen LogP contribution in [-0.2, 0) is 0 Å². The molecule has 2 atom stereocenters. The summed E-state index contributed by atoms with van der Waals surface area (Å²) in [5, 5.41) is 7.59. The van der Waals surface area contributed by atoms with Gasteiger partial charge in [-0.3, -0.25) is 9.97 Å². The van der Waals surface area contributed by atoms with Crippen LogP contribution >= 0.6 is 0 Å². The topological polar surface area (TPSA) is 49.8 Å². The summed E-state index contributed by atoms with van der Waals surface area (Å²) in [4.78, 5) is 8.58. The van der Waals surface area contributed by atoms with Gasteiger partial charge in [0.05, 0.1) is 5.69 Å². The second kappa shape index (κ2) is 7.86. The summed E-state index contributed by atoms with van der Waals surface area (Å²) in [6, 6.07) is 11.3.